The average molecular weight is 496 g/mol. The molecular formula is C25H29N5O4S. The van der Waals surface area contributed by atoms with Gasteiger partial charge in [0.05, 0.1) is 12.1 Å². The number of carbonyl (C=O) groups excluding carboxylic acids is 2. The second kappa shape index (κ2) is 10.1. The molecule has 2 amide bonds. The Morgan fingerprint density at radius 2 is 1.74 bits per heavy atom. The molecule has 1 aliphatic heterocycles. The van der Waals surface area contributed by atoms with Gasteiger partial charge in [-0.15, -0.1) is 0 Å². The molecule has 1 N–H and O–H groups in total. The average Bonchev–Trinajstić information content (AvgIpc) is 2.83. The Morgan fingerprint density at radius 3 is 2.46 bits per heavy atom. The van der Waals surface area contributed by atoms with Gasteiger partial charge in [-0.3, -0.25) is 19.5 Å². The number of nitrogens with one attached hydrogen (secondary N) is 1. The number of pyridine rings is 1. The number of piperazine rings is 1. The van der Waals surface area contributed by atoms with Crippen LogP contribution in [0, 0.1) is 6.92 Å². The first kappa shape index (κ1) is 24.8. The SMILES string of the molecule is Cc1cnc2c(S(=O)(=O)N3CCN(CC(=O)Nc4cccc(C(=O)N(C)C)c4)CC3)cccc2c1. The first-order valence-corrected chi connectivity index (χ1v) is 12.8. The number of hydrogen-bond donors (Lipinski definition) is 1. The molecule has 2 aromatic carbocycles. The Bertz CT molecular complexity index is 1370. The second-order valence-electron chi connectivity index (χ2n) is 8.85. The minimum atomic E-state index is -3.71. The highest BCUT2D eigenvalue weighted by molar-refractivity contribution is 7.89. The summed E-state index contributed by atoms with van der Waals surface area (Å²) < 4.78 is 28.1. The van der Waals surface area contributed by atoms with E-state index < -0.39 is 10.0 Å². The molecule has 4 rings (SSSR count). The van der Waals surface area contributed by atoms with Gasteiger partial charge >= 0.3 is 0 Å². The van der Waals surface area contributed by atoms with E-state index in [1.807, 2.05) is 24.0 Å². The summed E-state index contributed by atoms with van der Waals surface area (Å²) in [5.74, 6) is -0.362. The number of rotatable bonds is 6. The summed E-state index contributed by atoms with van der Waals surface area (Å²) in [7, 11) is -0.371. The Balaban J connectivity index is 1.37. The molecule has 0 aliphatic carbocycles. The van der Waals surface area contributed by atoms with Crippen LogP contribution in [-0.2, 0) is 14.8 Å². The fourth-order valence-corrected chi connectivity index (χ4v) is 5.70. The molecule has 35 heavy (non-hydrogen) atoms. The number of aryl methyl sites for hydroxylation is 1. The van der Waals surface area contributed by atoms with Crippen molar-refractivity contribution in [3.8, 4) is 0 Å². The lowest BCUT2D eigenvalue weighted by Gasteiger charge is -2.33. The van der Waals surface area contributed by atoms with Crippen molar-refractivity contribution < 1.29 is 18.0 Å². The Morgan fingerprint density at radius 1 is 1.03 bits per heavy atom. The number of anilines is 1. The number of benzene rings is 2. The number of amides is 2. The van der Waals surface area contributed by atoms with E-state index in [0.29, 0.717) is 29.9 Å². The van der Waals surface area contributed by atoms with Gasteiger partial charge < -0.3 is 10.2 Å². The summed E-state index contributed by atoms with van der Waals surface area (Å²) in [6, 6.07) is 13.9. The first-order chi connectivity index (χ1) is 16.6. The van der Waals surface area contributed by atoms with Gasteiger partial charge in [-0.25, -0.2) is 8.42 Å². The van der Waals surface area contributed by atoms with Gasteiger partial charge in [-0.2, -0.15) is 4.31 Å². The molecule has 0 radical (unpaired) electrons. The summed E-state index contributed by atoms with van der Waals surface area (Å²) in [5, 5.41) is 3.61. The molecule has 1 fully saturated rings. The Hall–Kier alpha value is -3.34. The van der Waals surface area contributed by atoms with Crippen molar-refractivity contribution in [2.75, 3.05) is 52.1 Å². The maximum atomic E-state index is 13.3. The second-order valence-corrected chi connectivity index (χ2v) is 10.8. The van der Waals surface area contributed by atoms with Crippen molar-refractivity contribution in [3.63, 3.8) is 0 Å². The van der Waals surface area contributed by atoms with Crippen molar-refractivity contribution in [2.24, 2.45) is 0 Å². The predicted octanol–water partition coefficient (Wildman–Crippen LogP) is 2.19. The fraction of sp³-hybridized carbons (Fsp3) is 0.320. The van der Waals surface area contributed by atoms with Gasteiger partial charge in [-0.1, -0.05) is 18.2 Å². The Kier molecular flexibility index (Phi) is 7.15. The van der Waals surface area contributed by atoms with Crippen LogP contribution in [0.1, 0.15) is 15.9 Å². The minimum Gasteiger partial charge on any atom is -0.345 e. The maximum absolute atomic E-state index is 13.3. The third kappa shape index (κ3) is 5.50. The van der Waals surface area contributed by atoms with Crippen molar-refractivity contribution in [3.05, 3.63) is 65.9 Å². The van der Waals surface area contributed by atoms with E-state index in [-0.39, 0.29) is 36.3 Å². The van der Waals surface area contributed by atoms with Crippen LogP contribution in [-0.4, -0.2) is 86.1 Å². The molecule has 0 spiro atoms. The number of hydrogen-bond acceptors (Lipinski definition) is 6. The number of sulfonamides is 1. The third-order valence-electron chi connectivity index (χ3n) is 5.93. The summed E-state index contributed by atoms with van der Waals surface area (Å²) in [6.45, 7) is 3.49. The number of nitrogens with zero attached hydrogens (tertiary/aromatic N) is 4. The molecule has 0 unspecified atom stereocenters. The van der Waals surface area contributed by atoms with Crippen LogP contribution in [0.25, 0.3) is 10.9 Å². The lowest BCUT2D eigenvalue weighted by molar-refractivity contribution is -0.117. The highest BCUT2D eigenvalue weighted by Gasteiger charge is 2.30. The van der Waals surface area contributed by atoms with E-state index in [1.54, 1.807) is 56.7 Å². The number of carbonyl (C=O) groups is 2. The van der Waals surface area contributed by atoms with E-state index in [4.69, 9.17) is 0 Å². The lowest BCUT2D eigenvalue weighted by atomic mass is 10.2. The monoisotopic (exact) mass is 495 g/mol. The number of fused-ring (bicyclic) bond motifs is 1. The zero-order valence-electron chi connectivity index (χ0n) is 20.1. The van der Waals surface area contributed by atoms with Gasteiger partial charge in [0.1, 0.15) is 4.90 Å². The van der Waals surface area contributed by atoms with Crippen LogP contribution in [0.3, 0.4) is 0 Å². The van der Waals surface area contributed by atoms with E-state index in [2.05, 4.69) is 10.3 Å². The van der Waals surface area contributed by atoms with Crippen LogP contribution in [0.15, 0.2) is 59.6 Å². The van der Waals surface area contributed by atoms with Crippen LogP contribution in [0.4, 0.5) is 5.69 Å². The lowest BCUT2D eigenvalue weighted by Crippen LogP contribution is -2.50. The molecule has 184 valence electrons. The standard InChI is InChI=1S/C25H29N5O4S/c1-18-14-19-6-5-9-22(24(19)26-16-18)35(33,34)30-12-10-29(11-13-30)17-23(31)27-21-8-4-7-20(15-21)25(32)28(2)3/h4-9,14-16H,10-13,17H2,1-3H3,(H,27,31). The molecule has 0 saturated carbocycles. The predicted molar refractivity (Wildman–Crippen MR) is 135 cm³/mol. The van der Waals surface area contributed by atoms with Crippen molar-refractivity contribution in [1.29, 1.82) is 0 Å². The van der Waals surface area contributed by atoms with E-state index in [0.717, 1.165) is 10.9 Å². The third-order valence-corrected chi connectivity index (χ3v) is 7.86. The molecule has 0 atom stereocenters. The fourth-order valence-electron chi connectivity index (χ4n) is 4.11. The Labute approximate surface area is 205 Å². The summed E-state index contributed by atoms with van der Waals surface area (Å²) in [6.07, 6.45) is 1.67. The number of aromatic nitrogens is 1. The van der Waals surface area contributed by atoms with Gasteiger partial charge in [-0.05, 0) is 42.8 Å². The summed E-state index contributed by atoms with van der Waals surface area (Å²) >= 11 is 0. The van der Waals surface area contributed by atoms with Gasteiger partial charge in [0.15, 0.2) is 0 Å². The molecule has 1 aliphatic rings. The topological polar surface area (TPSA) is 103 Å². The zero-order chi connectivity index (χ0) is 25.2. The van der Waals surface area contributed by atoms with Crippen LogP contribution in [0.5, 0.6) is 0 Å². The highest BCUT2D eigenvalue weighted by Crippen LogP contribution is 2.25. The highest BCUT2D eigenvalue weighted by atomic mass is 32.2. The van der Waals surface area contributed by atoms with Crippen molar-refractivity contribution in [2.45, 2.75) is 11.8 Å². The first-order valence-electron chi connectivity index (χ1n) is 11.3. The zero-order valence-corrected chi connectivity index (χ0v) is 20.9. The normalized spacial score (nSPS) is 15.2. The van der Waals surface area contributed by atoms with E-state index in [1.165, 1.54) is 9.21 Å². The van der Waals surface area contributed by atoms with Gasteiger partial charge in [0.2, 0.25) is 15.9 Å². The van der Waals surface area contributed by atoms with E-state index >= 15 is 0 Å². The molecule has 9 nitrogen and oxygen atoms in total. The van der Waals surface area contributed by atoms with E-state index in [9.17, 15) is 18.0 Å². The maximum Gasteiger partial charge on any atom is 0.253 e. The largest absolute Gasteiger partial charge is 0.345 e. The summed E-state index contributed by atoms with van der Waals surface area (Å²) in [4.78, 5) is 32.7. The van der Waals surface area contributed by atoms with Crippen LogP contribution >= 0.6 is 0 Å². The van der Waals surface area contributed by atoms with Crippen molar-refractivity contribution in [1.82, 2.24) is 19.1 Å². The molecule has 1 aromatic heterocycles. The smallest absolute Gasteiger partial charge is 0.253 e. The molecule has 1 saturated heterocycles. The minimum absolute atomic E-state index is 0.134. The van der Waals surface area contributed by atoms with Crippen molar-refractivity contribution >= 4 is 38.4 Å². The summed E-state index contributed by atoms with van der Waals surface area (Å²) in [5.41, 5.74) is 2.47. The molecule has 10 heteroatoms. The van der Waals surface area contributed by atoms with Gasteiger partial charge in [0.25, 0.3) is 5.91 Å². The molecule has 2 heterocycles. The molecule has 0 bridgehead atoms. The van der Waals surface area contributed by atoms with Crippen LogP contribution in [0.2, 0.25) is 0 Å². The van der Waals surface area contributed by atoms with Gasteiger partial charge in [0, 0.05) is 63.1 Å². The molecule has 3 aromatic rings. The van der Waals surface area contributed by atoms with Crippen LogP contribution < -0.4 is 5.32 Å². The quantitative estimate of drug-likeness (QED) is 0.562. The molecular weight excluding hydrogens is 466 g/mol. The number of para-hydroxylation sites is 1.